The van der Waals surface area contributed by atoms with Gasteiger partial charge in [0.25, 0.3) is 5.91 Å². The van der Waals surface area contributed by atoms with Crippen molar-refractivity contribution in [3.05, 3.63) is 59.1 Å². The van der Waals surface area contributed by atoms with Gasteiger partial charge in [0.2, 0.25) is 0 Å². The normalized spacial score (nSPS) is 16.5. The van der Waals surface area contributed by atoms with Crippen molar-refractivity contribution in [2.24, 2.45) is 0 Å². The quantitative estimate of drug-likeness (QED) is 0.896. The zero-order valence-corrected chi connectivity index (χ0v) is 13.9. The second-order valence-corrected chi connectivity index (χ2v) is 5.89. The number of hydrogen-bond donors (Lipinski definition) is 1. The van der Waals surface area contributed by atoms with Crippen LogP contribution in [0.2, 0.25) is 5.02 Å². The van der Waals surface area contributed by atoms with Crippen LogP contribution in [0, 0.1) is 0 Å². The molecule has 6 nitrogen and oxygen atoms in total. The third-order valence-electron chi connectivity index (χ3n) is 4.00. The van der Waals surface area contributed by atoms with Gasteiger partial charge in [-0.15, -0.1) is 0 Å². The first-order chi connectivity index (χ1) is 11.8. The van der Waals surface area contributed by atoms with E-state index in [1.807, 2.05) is 24.3 Å². The molecule has 1 saturated heterocycles. The summed E-state index contributed by atoms with van der Waals surface area (Å²) in [4.78, 5) is 22.5. The molecule has 0 aliphatic carbocycles. The minimum Gasteiger partial charge on any atom is -0.379 e. The molecule has 2 aromatic rings. The second-order valence-electron chi connectivity index (χ2n) is 5.49. The summed E-state index contributed by atoms with van der Waals surface area (Å²) in [5.74, 6) is -0.242. The summed E-state index contributed by atoms with van der Waals surface area (Å²) in [6.45, 7) is 3.41. The maximum atomic E-state index is 12.3. The monoisotopic (exact) mass is 346 g/mol. The molecule has 1 fully saturated rings. The van der Waals surface area contributed by atoms with Crippen molar-refractivity contribution in [3.63, 3.8) is 0 Å². The molecule has 2 heterocycles. The smallest absolute Gasteiger partial charge is 0.271 e. The van der Waals surface area contributed by atoms with Gasteiger partial charge in [0.15, 0.2) is 0 Å². The lowest BCUT2D eigenvalue weighted by Crippen LogP contribution is -2.44. The summed E-state index contributed by atoms with van der Waals surface area (Å²) in [5.41, 5.74) is 1.30. The van der Waals surface area contributed by atoms with Gasteiger partial charge in [-0.3, -0.25) is 14.7 Å². The van der Waals surface area contributed by atoms with E-state index in [1.165, 1.54) is 18.6 Å². The molecule has 1 aliphatic heterocycles. The fraction of sp³-hybridized carbons (Fsp3) is 0.353. The highest BCUT2D eigenvalue weighted by atomic mass is 35.5. The van der Waals surface area contributed by atoms with E-state index in [0.29, 0.717) is 30.5 Å². The van der Waals surface area contributed by atoms with E-state index in [0.717, 1.165) is 18.7 Å². The van der Waals surface area contributed by atoms with Crippen molar-refractivity contribution in [2.45, 2.75) is 6.04 Å². The van der Waals surface area contributed by atoms with Gasteiger partial charge in [0, 0.05) is 37.1 Å². The molecule has 0 bridgehead atoms. The molecular formula is C17H19ClN4O2. The highest BCUT2D eigenvalue weighted by Crippen LogP contribution is 2.27. The molecule has 7 heteroatoms. The summed E-state index contributed by atoms with van der Waals surface area (Å²) in [6, 6.07) is 7.72. The first-order valence-corrected chi connectivity index (χ1v) is 8.24. The number of carbonyl (C=O) groups is 1. The van der Waals surface area contributed by atoms with Crippen LogP contribution in [0.15, 0.2) is 42.9 Å². The van der Waals surface area contributed by atoms with Gasteiger partial charge < -0.3 is 10.1 Å². The summed E-state index contributed by atoms with van der Waals surface area (Å²) >= 11 is 6.38. The highest BCUT2D eigenvalue weighted by Gasteiger charge is 2.25. The van der Waals surface area contributed by atoms with Gasteiger partial charge in [-0.1, -0.05) is 29.8 Å². The van der Waals surface area contributed by atoms with Crippen molar-refractivity contribution in [1.82, 2.24) is 20.2 Å². The molecule has 0 unspecified atom stereocenters. The Kier molecular flexibility index (Phi) is 5.74. The molecule has 1 amide bonds. The summed E-state index contributed by atoms with van der Waals surface area (Å²) in [7, 11) is 0. The van der Waals surface area contributed by atoms with Crippen LogP contribution in [-0.2, 0) is 4.74 Å². The molecule has 126 valence electrons. The molecular weight excluding hydrogens is 328 g/mol. The fourth-order valence-corrected chi connectivity index (χ4v) is 3.03. The molecule has 3 rings (SSSR count). The molecule has 1 N–H and O–H groups in total. The third-order valence-corrected chi connectivity index (χ3v) is 4.35. The Morgan fingerprint density at radius 1 is 1.29 bits per heavy atom. The zero-order valence-electron chi connectivity index (χ0n) is 13.2. The van der Waals surface area contributed by atoms with E-state index in [9.17, 15) is 4.79 Å². The number of halogens is 1. The molecule has 24 heavy (non-hydrogen) atoms. The molecule has 1 aromatic heterocycles. The van der Waals surface area contributed by atoms with Gasteiger partial charge in [-0.2, -0.15) is 0 Å². The summed E-state index contributed by atoms with van der Waals surface area (Å²) in [5, 5.41) is 3.64. The standard InChI is InChI=1S/C17H19ClN4O2/c18-14-4-2-1-3-13(14)16(22-7-9-24-10-8-22)12-21-17(23)15-11-19-5-6-20-15/h1-6,11,16H,7-10,12H2,(H,21,23)/t16-/m1/s1. The van der Waals surface area contributed by atoms with Crippen LogP contribution in [0.3, 0.4) is 0 Å². The Balaban J connectivity index is 1.75. The topological polar surface area (TPSA) is 67.4 Å². The lowest BCUT2D eigenvalue weighted by molar-refractivity contribution is 0.0162. The van der Waals surface area contributed by atoms with E-state index in [4.69, 9.17) is 16.3 Å². The van der Waals surface area contributed by atoms with E-state index >= 15 is 0 Å². The van der Waals surface area contributed by atoms with Crippen molar-refractivity contribution in [1.29, 1.82) is 0 Å². The molecule has 1 aromatic carbocycles. The van der Waals surface area contributed by atoms with Crippen LogP contribution < -0.4 is 5.32 Å². The number of hydrogen-bond acceptors (Lipinski definition) is 5. The predicted octanol–water partition coefficient (Wildman–Crippen LogP) is 1.93. The van der Waals surface area contributed by atoms with Crippen LogP contribution in [-0.4, -0.2) is 53.6 Å². The van der Waals surface area contributed by atoms with E-state index < -0.39 is 0 Å². The van der Waals surface area contributed by atoms with Crippen molar-refractivity contribution in [2.75, 3.05) is 32.8 Å². The molecule has 1 atom stereocenters. The number of nitrogens with zero attached hydrogens (tertiary/aromatic N) is 3. The average Bonchev–Trinajstić information content (AvgIpc) is 2.65. The average molecular weight is 347 g/mol. The Bertz CT molecular complexity index is 677. The first-order valence-electron chi connectivity index (χ1n) is 7.86. The zero-order chi connectivity index (χ0) is 16.8. The van der Waals surface area contributed by atoms with Crippen molar-refractivity contribution in [3.8, 4) is 0 Å². The Labute approximate surface area is 145 Å². The number of amides is 1. The second kappa shape index (κ2) is 8.19. The molecule has 0 spiro atoms. The minimum atomic E-state index is -0.242. The SMILES string of the molecule is O=C(NC[C@H](c1ccccc1Cl)N1CCOCC1)c1cnccn1. The number of carbonyl (C=O) groups excluding carboxylic acids is 1. The number of ether oxygens (including phenoxy) is 1. The van der Waals surface area contributed by atoms with Gasteiger partial charge in [-0.05, 0) is 11.6 Å². The lowest BCUT2D eigenvalue weighted by atomic mass is 10.0. The summed E-state index contributed by atoms with van der Waals surface area (Å²) < 4.78 is 5.43. The molecule has 1 aliphatic rings. The number of aromatic nitrogens is 2. The van der Waals surface area contributed by atoms with E-state index in [2.05, 4.69) is 20.2 Å². The van der Waals surface area contributed by atoms with Crippen LogP contribution in [0.1, 0.15) is 22.1 Å². The maximum Gasteiger partial charge on any atom is 0.271 e. The Hall–Kier alpha value is -2.02. The lowest BCUT2D eigenvalue weighted by Gasteiger charge is -2.35. The predicted molar refractivity (Wildman–Crippen MR) is 91.0 cm³/mol. The van der Waals surface area contributed by atoms with Gasteiger partial charge in [-0.25, -0.2) is 4.98 Å². The van der Waals surface area contributed by atoms with Gasteiger partial charge in [0.05, 0.1) is 25.5 Å². The largest absolute Gasteiger partial charge is 0.379 e. The van der Waals surface area contributed by atoms with E-state index in [1.54, 1.807) is 0 Å². The fourth-order valence-electron chi connectivity index (χ4n) is 2.77. The van der Waals surface area contributed by atoms with Gasteiger partial charge >= 0.3 is 0 Å². The highest BCUT2D eigenvalue weighted by molar-refractivity contribution is 6.31. The number of morpholine rings is 1. The number of rotatable bonds is 5. The number of benzene rings is 1. The first kappa shape index (κ1) is 16.8. The third kappa shape index (κ3) is 4.08. The van der Waals surface area contributed by atoms with Crippen LogP contribution in [0.5, 0.6) is 0 Å². The van der Waals surface area contributed by atoms with Crippen molar-refractivity contribution >= 4 is 17.5 Å². The minimum absolute atomic E-state index is 0.0109. The Morgan fingerprint density at radius 3 is 2.79 bits per heavy atom. The van der Waals surface area contributed by atoms with E-state index in [-0.39, 0.29) is 11.9 Å². The molecule has 0 saturated carbocycles. The van der Waals surface area contributed by atoms with Crippen LogP contribution in [0.25, 0.3) is 0 Å². The Morgan fingerprint density at radius 2 is 2.08 bits per heavy atom. The summed E-state index contributed by atoms with van der Waals surface area (Å²) in [6.07, 6.45) is 4.49. The van der Waals surface area contributed by atoms with Crippen LogP contribution >= 0.6 is 11.6 Å². The van der Waals surface area contributed by atoms with Gasteiger partial charge in [0.1, 0.15) is 5.69 Å². The molecule has 0 radical (unpaired) electrons. The maximum absolute atomic E-state index is 12.3. The van der Waals surface area contributed by atoms with Crippen molar-refractivity contribution < 1.29 is 9.53 Å². The van der Waals surface area contributed by atoms with Crippen LogP contribution in [0.4, 0.5) is 0 Å². The number of nitrogens with one attached hydrogen (secondary N) is 1.